The molecule has 0 aromatic heterocycles. The van der Waals surface area contributed by atoms with Crippen molar-refractivity contribution in [3.63, 3.8) is 0 Å². The normalized spacial score (nSPS) is 20.9. The summed E-state index contributed by atoms with van der Waals surface area (Å²) in [5, 5.41) is 0. The highest BCUT2D eigenvalue weighted by molar-refractivity contribution is 6.06. The highest BCUT2D eigenvalue weighted by Gasteiger charge is 2.53. The van der Waals surface area contributed by atoms with E-state index in [2.05, 4.69) is 0 Å². The number of cyclic esters (lactones) is 4. The van der Waals surface area contributed by atoms with Gasteiger partial charge in [-0.15, -0.1) is 0 Å². The molecule has 10 heteroatoms. The van der Waals surface area contributed by atoms with Crippen molar-refractivity contribution >= 4 is 35.7 Å². The van der Waals surface area contributed by atoms with Crippen LogP contribution in [-0.2, 0) is 33.5 Å². The number of hydrogen-bond donors (Lipinski definition) is 0. The van der Waals surface area contributed by atoms with Gasteiger partial charge in [0, 0.05) is 5.56 Å². The Labute approximate surface area is 297 Å². The lowest BCUT2D eigenvalue weighted by Crippen LogP contribution is -2.31. The fraction of sp³-hybridized carbons (Fsp3) is 0.390. The third-order valence-corrected chi connectivity index (χ3v) is 9.76. The van der Waals surface area contributed by atoms with Crippen LogP contribution in [0.25, 0.3) is 6.08 Å². The number of allylic oxidation sites excluding steroid dienone is 1. The van der Waals surface area contributed by atoms with Crippen molar-refractivity contribution in [2.75, 3.05) is 13.2 Å². The first kappa shape index (κ1) is 35.7. The second-order valence-corrected chi connectivity index (χ2v) is 13.3. The van der Waals surface area contributed by atoms with Gasteiger partial charge < -0.3 is 19.1 Å². The molecule has 10 nitrogen and oxygen atoms in total. The van der Waals surface area contributed by atoms with E-state index in [1.54, 1.807) is 30.4 Å². The van der Waals surface area contributed by atoms with E-state index in [-0.39, 0.29) is 18.6 Å². The van der Waals surface area contributed by atoms with Gasteiger partial charge in [0.1, 0.15) is 5.75 Å². The third-order valence-electron chi connectivity index (χ3n) is 9.76. The summed E-state index contributed by atoms with van der Waals surface area (Å²) in [5.74, 6) is -3.68. The molecular formula is C41H42O10. The summed E-state index contributed by atoms with van der Waals surface area (Å²) in [5.41, 5.74) is 2.95. The van der Waals surface area contributed by atoms with Crippen LogP contribution in [0.5, 0.6) is 11.5 Å². The maximum Gasteiger partial charge on any atom is 0.321 e. The molecule has 0 bridgehead atoms. The Morgan fingerprint density at radius 2 is 1.33 bits per heavy atom. The highest BCUT2D eigenvalue weighted by atomic mass is 17.2. The molecule has 4 unspecified atom stereocenters. The van der Waals surface area contributed by atoms with Crippen molar-refractivity contribution < 1.29 is 48.0 Å². The van der Waals surface area contributed by atoms with Crippen LogP contribution >= 0.6 is 0 Å². The van der Waals surface area contributed by atoms with Gasteiger partial charge in [-0.25, -0.2) is 0 Å². The van der Waals surface area contributed by atoms with E-state index in [9.17, 15) is 24.0 Å². The fourth-order valence-electron chi connectivity index (χ4n) is 7.07. The number of fused-ring (bicyclic) bond motifs is 3. The first-order valence-electron chi connectivity index (χ1n) is 17.8. The van der Waals surface area contributed by atoms with Crippen LogP contribution in [0.15, 0.2) is 78.9 Å². The molecular weight excluding hydrogens is 652 g/mol. The van der Waals surface area contributed by atoms with Crippen LogP contribution in [0.1, 0.15) is 103 Å². The number of ether oxygens (including phenoxy) is 3. The first-order valence-corrected chi connectivity index (χ1v) is 17.8. The molecule has 0 saturated carbocycles. The molecule has 6 rings (SSSR count). The summed E-state index contributed by atoms with van der Waals surface area (Å²) in [4.78, 5) is 72.2. The van der Waals surface area contributed by atoms with Crippen LogP contribution in [0.4, 0.5) is 0 Å². The summed E-state index contributed by atoms with van der Waals surface area (Å²) < 4.78 is 15.8. The third kappa shape index (κ3) is 9.18. The lowest BCUT2D eigenvalue weighted by atomic mass is 9.67. The number of carbonyl (C=O) groups excluding carboxylic acids is 5. The Morgan fingerprint density at radius 1 is 0.667 bits per heavy atom. The fourth-order valence-corrected chi connectivity index (χ4v) is 7.07. The molecule has 2 heterocycles. The number of esters is 4. The number of hydrogen-bond acceptors (Lipinski definition) is 10. The van der Waals surface area contributed by atoms with Crippen LogP contribution < -0.4 is 9.62 Å². The van der Waals surface area contributed by atoms with Gasteiger partial charge in [0.05, 0.1) is 37.4 Å². The molecule has 1 aliphatic carbocycles. The number of benzene rings is 3. The summed E-state index contributed by atoms with van der Waals surface area (Å²) >= 11 is 0. The van der Waals surface area contributed by atoms with Gasteiger partial charge in [0.2, 0.25) is 0 Å². The second-order valence-electron chi connectivity index (χ2n) is 13.3. The zero-order valence-corrected chi connectivity index (χ0v) is 28.5. The van der Waals surface area contributed by atoms with Crippen molar-refractivity contribution in [3.05, 3.63) is 101 Å². The zero-order chi connectivity index (χ0) is 35.6. The van der Waals surface area contributed by atoms with Gasteiger partial charge in [0.25, 0.3) is 0 Å². The van der Waals surface area contributed by atoms with Crippen molar-refractivity contribution in [1.82, 2.24) is 0 Å². The van der Waals surface area contributed by atoms with Crippen LogP contribution in [0.2, 0.25) is 0 Å². The van der Waals surface area contributed by atoms with E-state index < -0.39 is 47.5 Å². The monoisotopic (exact) mass is 694 g/mol. The van der Waals surface area contributed by atoms with E-state index in [0.29, 0.717) is 35.8 Å². The summed E-state index contributed by atoms with van der Waals surface area (Å²) in [6.45, 7) is 1.04. The van der Waals surface area contributed by atoms with Crippen LogP contribution in [-0.4, -0.2) is 42.9 Å². The summed E-state index contributed by atoms with van der Waals surface area (Å²) in [6.07, 6.45) is 12.0. The quantitative estimate of drug-likeness (QED) is 0.0252. The van der Waals surface area contributed by atoms with E-state index in [1.165, 1.54) is 0 Å². The molecule has 4 atom stereocenters. The largest absolute Gasteiger partial charge is 0.494 e. The van der Waals surface area contributed by atoms with Gasteiger partial charge in [-0.05, 0) is 72.2 Å². The number of ketones is 1. The molecule has 3 aromatic rings. The molecule has 0 amide bonds. The second kappa shape index (κ2) is 17.2. The molecule has 2 fully saturated rings. The maximum atomic E-state index is 12.6. The van der Waals surface area contributed by atoms with Crippen LogP contribution in [0.3, 0.4) is 0 Å². The highest BCUT2D eigenvalue weighted by Crippen LogP contribution is 2.51. The Morgan fingerprint density at radius 3 is 2.04 bits per heavy atom. The van der Waals surface area contributed by atoms with Crippen molar-refractivity contribution in [1.29, 1.82) is 0 Å². The Kier molecular flexibility index (Phi) is 12.1. The number of carbonyl (C=O) groups is 5. The molecule has 0 radical (unpaired) electrons. The van der Waals surface area contributed by atoms with Gasteiger partial charge >= 0.3 is 23.9 Å². The van der Waals surface area contributed by atoms with Gasteiger partial charge in [-0.3, -0.25) is 24.0 Å². The molecule has 2 saturated heterocycles. The Balaban J connectivity index is 0.825. The SMILES string of the molecule is O=C1CC(C2CC3C(=O)OC(=O)C3c3cc(OCCCCCCCCCCOOc4ccc(C=CC(=O)c5ccccc5)cc4)ccc32)C(=O)O1. The Hall–Kier alpha value is -5.09. The van der Waals surface area contributed by atoms with Crippen molar-refractivity contribution in [3.8, 4) is 11.5 Å². The molecule has 3 aromatic carbocycles. The minimum atomic E-state index is -0.731. The lowest BCUT2D eigenvalue weighted by molar-refractivity contribution is -0.207. The van der Waals surface area contributed by atoms with Gasteiger partial charge in [-0.1, -0.05) is 93.1 Å². The molecule has 2 aliphatic heterocycles. The standard InChI is InChI=1S/C41H42O10/c42-36(28-12-8-7-9-13-28)21-16-27-14-17-29(18-15-27)51-48-23-11-6-4-2-1-3-5-10-22-47-30-19-20-31-32(34-26-37(43)49-39(34)44)25-35-38(33(31)24-30)41(46)50-40(35)45/h7-9,12-21,24,32,34-35,38H,1-6,10-11,22-23,25-26H2. The van der Waals surface area contributed by atoms with E-state index >= 15 is 0 Å². The molecule has 266 valence electrons. The van der Waals surface area contributed by atoms with E-state index in [4.69, 9.17) is 24.0 Å². The predicted molar refractivity (Wildman–Crippen MR) is 186 cm³/mol. The van der Waals surface area contributed by atoms with Crippen molar-refractivity contribution in [2.45, 2.75) is 76.0 Å². The number of rotatable bonds is 18. The molecule has 0 N–H and O–H groups in total. The van der Waals surface area contributed by atoms with Crippen molar-refractivity contribution in [2.24, 2.45) is 11.8 Å². The van der Waals surface area contributed by atoms with Gasteiger partial charge in [-0.2, -0.15) is 4.89 Å². The average molecular weight is 695 g/mol. The lowest BCUT2D eigenvalue weighted by Gasteiger charge is -2.33. The molecule has 0 spiro atoms. The first-order chi connectivity index (χ1) is 24.9. The van der Waals surface area contributed by atoms with Gasteiger partial charge in [0.15, 0.2) is 11.5 Å². The smallest absolute Gasteiger partial charge is 0.321 e. The van der Waals surface area contributed by atoms with Crippen LogP contribution in [0, 0.1) is 11.8 Å². The molecule has 3 aliphatic rings. The maximum absolute atomic E-state index is 12.6. The van der Waals surface area contributed by atoms with E-state index in [1.807, 2.05) is 54.6 Å². The topological polar surface area (TPSA) is 132 Å². The molecule has 51 heavy (non-hydrogen) atoms. The minimum Gasteiger partial charge on any atom is -0.494 e. The predicted octanol–water partition coefficient (Wildman–Crippen LogP) is 7.45. The summed E-state index contributed by atoms with van der Waals surface area (Å²) in [6, 6.07) is 22.0. The zero-order valence-electron chi connectivity index (χ0n) is 28.5. The van der Waals surface area contributed by atoms with E-state index in [0.717, 1.165) is 62.5 Å². The summed E-state index contributed by atoms with van der Waals surface area (Å²) in [7, 11) is 0. The number of unbranched alkanes of at least 4 members (excludes halogenated alkanes) is 7. The average Bonchev–Trinajstić information content (AvgIpc) is 3.64. The minimum absolute atomic E-state index is 0.0393. The Bertz CT molecular complexity index is 1750.